The zero-order valence-corrected chi connectivity index (χ0v) is 15.0. The Kier molecular flexibility index (Phi) is 4.64. The van der Waals surface area contributed by atoms with E-state index in [9.17, 15) is 26.7 Å². The van der Waals surface area contributed by atoms with E-state index in [4.69, 9.17) is 0 Å². The fourth-order valence-corrected chi connectivity index (χ4v) is 3.52. The van der Waals surface area contributed by atoms with Gasteiger partial charge in [0.05, 0.1) is 5.56 Å². The van der Waals surface area contributed by atoms with Crippen molar-refractivity contribution in [1.82, 2.24) is 9.88 Å². The lowest BCUT2D eigenvalue weighted by molar-refractivity contribution is -0.140. The molecule has 1 N–H and O–H groups in total. The molecule has 0 aliphatic carbocycles. The number of carbonyl (C=O) groups is 1. The molecule has 3 aromatic rings. The van der Waals surface area contributed by atoms with Crippen molar-refractivity contribution in [3.8, 4) is 0 Å². The molecule has 0 fully saturated rings. The van der Waals surface area contributed by atoms with Gasteiger partial charge in [0.2, 0.25) is 0 Å². The first-order chi connectivity index (χ1) is 13.7. The van der Waals surface area contributed by atoms with Crippen LogP contribution in [0.4, 0.5) is 22.0 Å². The highest BCUT2D eigenvalue weighted by molar-refractivity contribution is 5.96. The SMILES string of the molecule is O=C(c1ccc(F)c(C(F)(F)F)c1)N1CC=C(c2c[nH]c3cc(F)ccc23)CC1. The van der Waals surface area contributed by atoms with Gasteiger partial charge in [-0.15, -0.1) is 0 Å². The third kappa shape index (κ3) is 3.62. The molecule has 29 heavy (non-hydrogen) atoms. The summed E-state index contributed by atoms with van der Waals surface area (Å²) in [4.78, 5) is 17.0. The first kappa shape index (κ1) is 19.2. The lowest BCUT2D eigenvalue weighted by atomic mass is 9.98. The third-order valence-corrected chi connectivity index (χ3v) is 5.00. The van der Waals surface area contributed by atoms with Gasteiger partial charge in [-0.3, -0.25) is 4.79 Å². The summed E-state index contributed by atoms with van der Waals surface area (Å²) >= 11 is 0. The van der Waals surface area contributed by atoms with Crippen LogP contribution in [0, 0.1) is 11.6 Å². The first-order valence-corrected chi connectivity index (χ1v) is 8.86. The number of nitrogens with one attached hydrogen (secondary N) is 1. The van der Waals surface area contributed by atoms with Gasteiger partial charge in [0.25, 0.3) is 5.91 Å². The summed E-state index contributed by atoms with van der Waals surface area (Å²) in [5, 5.41) is 0.853. The molecule has 0 atom stereocenters. The molecule has 1 aliphatic rings. The van der Waals surface area contributed by atoms with Crippen molar-refractivity contribution in [2.75, 3.05) is 13.1 Å². The average molecular weight is 406 g/mol. The van der Waals surface area contributed by atoms with Crippen LogP contribution in [0.1, 0.15) is 27.9 Å². The molecule has 0 unspecified atom stereocenters. The molecule has 0 radical (unpaired) electrons. The monoisotopic (exact) mass is 406 g/mol. The highest BCUT2D eigenvalue weighted by atomic mass is 19.4. The van der Waals surface area contributed by atoms with Crippen LogP contribution >= 0.6 is 0 Å². The number of amides is 1. The summed E-state index contributed by atoms with van der Waals surface area (Å²) < 4.78 is 65.5. The molecule has 4 rings (SSSR count). The molecule has 1 aliphatic heterocycles. The number of H-pyrrole nitrogens is 1. The van der Waals surface area contributed by atoms with Crippen LogP contribution in [0.25, 0.3) is 16.5 Å². The first-order valence-electron chi connectivity index (χ1n) is 8.86. The third-order valence-electron chi connectivity index (χ3n) is 5.00. The Balaban J connectivity index is 1.56. The summed E-state index contributed by atoms with van der Waals surface area (Å²) in [7, 11) is 0. The predicted molar refractivity (Wildman–Crippen MR) is 98.2 cm³/mol. The van der Waals surface area contributed by atoms with Crippen molar-refractivity contribution in [1.29, 1.82) is 0 Å². The van der Waals surface area contributed by atoms with Crippen molar-refractivity contribution in [2.24, 2.45) is 0 Å². The molecule has 2 heterocycles. The molecule has 1 aromatic heterocycles. The number of benzene rings is 2. The van der Waals surface area contributed by atoms with E-state index in [2.05, 4.69) is 4.98 Å². The number of rotatable bonds is 2. The molecule has 0 saturated heterocycles. The maximum absolute atomic E-state index is 13.5. The minimum absolute atomic E-state index is 0.209. The number of hydrogen-bond donors (Lipinski definition) is 1. The Morgan fingerprint density at radius 3 is 2.55 bits per heavy atom. The van der Waals surface area contributed by atoms with Gasteiger partial charge in [0.15, 0.2) is 0 Å². The van der Waals surface area contributed by atoms with Gasteiger partial charge < -0.3 is 9.88 Å². The van der Waals surface area contributed by atoms with Crippen molar-refractivity contribution in [3.63, 3.8) is 0 Å². The van der Waals surface area contributed by atoms with E-state index in [1.54, 1.807) is 12.3 Å². The number of hydrogen-bond acceptors (Lipinski definition) is 1. The van der Waals surface area contributed by atoms with Gasteiger partial charge in [0.1, 0.15) is 11.6 Å². The van der Waals surface area contributed by atoms with E-state index < -0.39 is 23.5 Å². The van der Waals surface area contributed by atoms with E-state index in [0.29, 0.717) is 30.6 Å². The average Bonchev–Trinajstić information content (AvgIpc) is 3.10. The van der Waals surface area contributed by atoms with Gasteiger partial charge in [-0.2, -0.15) is 13.2 Å². The normalized spacial score (nSPS) is 14.9. The summed E-state index contributed by atoms with van der Waals surface area (Å²) in [6, 6.07) is 6.69. The molecule has 2 aromatic carbocycles. The smallest absolute Gasteiger partial charge is 0.360 e. The second-order valence-electron chi connectivity index (χ2n) is 6.82. The zero-order chi connectivity index (χ0) is 20.8. The van der Waals surface area contributed by atoms with E-state index in [1.807, 2.05) is 6.08 Å². The van der Waals surface area contributed by atoms with Crippen LogP contribution in [-0.2, 0) is 6.18 Å². The Morgan fingerprint density at radius 2 is 1.86 bits per heavy atom. The molecule has 0 bridgehead atoms. The van der Waals surface area contributed by atoms with Gasteiger partial charge >= 0.3 is 6.18 Å². The lowest BCUT2D eigenvalue weighted by Crippen LogP contribution is -2.34. The zero-order valence-electron chi connectivity index (χ0n) is 15.0. The number of aromatic nitrogens is 1. The minimum atomic E-state index is -4.87. The molecular formula is C21H15F5N2O. The highest BCUT2D eigenvalue weighted by Gasteiger charge is 2.35. The standard InChI is InChI=1S/C21H15F5N2O/c22-14-2-3-15-16(11-27-19(15)10-14)12-5-7-28(8-6-12)20(29)13-1-4-18(23)17(9-13)21(24,25)26/h1-5,9-11,27H,6-8H2. The maximum atomic E-state index is 13.5. The molecule has 1 amide bonds. The summed E-state index contributed by atoms with van der Waals surface area (Å²) in [6.45, 7) is 0.512. The quantitative estimate of drug-likeness (QED) is 0.569. The van der Waals surface area contributed by atoms with Crippen LogP contribution in [0.2, 0.25) is 0 Å². The number of alkyl halides is 3. The Labute approximate surface area is 162 Å². The second-order valence-corrected chi connectivity index (χ2v) is 6.82. The van der Waals surface area contributed by atoms with Crippen molar-refractivity contribution in [2.45, 2.75) is 12.6 Å². The topological polar surface area (TPSA) is 36.1 Å². The van der Waals surface area contributed by atoms with E-state index in [-0.39, 0.29) is 17.9 Å². The maximum Gasteiger partial charge on any atom is 0.419 e. The number of aromatic amines is 1. The van der Waals surface area contributed by atoms with E-state index >= 15 is 0 Å². The summed E-state index contributed by atoms with van der Waals surface area (Å²) in [5.41, 5.74) is 0.849. The molecule has 0 saturated carbocycles. The van der Waals surface area contributed by atoms with Gasteiger partial charge in [-0.25, -0.2) is 8.78 Å². The molecule has 3 nitrogen and oxygen atoms in total. The largest absolute Gasteiger partial charge is 0.419 e. The Hall–Kier alpha value is -3.16. The number of halogens is 5. The van der Waals surface area contributed by atoms with Crippen molar-refractivity contribution in [3.05, 3.63) is 77.0 Å². The number of nitrogens with zero attached hydrogens (tertiary/aromatic N) is 1. The Bertz CT molecular complexity index is 1130. The predicted octanol–water partition coefficient (Wildman–Crippen LogP) is 5.39. The summed E-state index contributed by atoms with van der Waals surface area (Å²) in [5.74, 6) is -2.35. The van der Waals surface area contributed by atoms with Crippen LogP contribution < -0.4 is 0 Å². The minimum Gasteiger partial charge on any atom is -0.360 e. The van der Waals surface area contributed by atoms with Crippen LogP contribution in [0.5, 0.6) is 0 Å². The molecule has 0 spiro atoms. The van der Waals surface area contributed by atoms with Crippen molar-refractivity contribution >= 4 is 22.4 Å². The molecule has 8 heteroatoms. The lowest BCUT2D eigenvalue weighted by Gasteiger charge is -2.27. The van der Waals surface area contributed by atoms with E-state index in [1.165, 1.54) is 17.0 Å². The fraction of sp³-hybridized carbons (Fsp3) is 0.190. The fourth-order valence-electron chi connectivity index (χ4n) is 3.52. The molecular weight excluding hydrogens is 391 g/mol. The van der Waals surface area contributed by atoms with Crippen LogP contribution in [0.3, 0.4) is 0 Å². The van der Waals surface area contributed by atoms with Crippen LogP contribution in [0.15, 0.2) is 48.7 Å². The highest BCUT2D eigenvalue weighted by Crippen LogP contribution is 2.33. The number of fused-ring (bicyclic) bond motifs is 1. The van der Waals surface area contributed by atoms with Gasteiger partial charge in [0, 0.05) is 41.3 Å². The van der Waals surface area contributed by atoms with Gasteiger partial charge in [-0.05, 0) is 48.4 Å². The van der Waals surface area contributed by atoms with Crippen molar-refractivity contribution < 1.29 is 26.7 Å². The molecule has 150 valence electrons. The Morgan fingerprint density at radius 1 is 1.07 bits per heavy atom. The van der Waals surface area contributed by atoms with Crippen LogP contribution in [-0.4, -0.2) is 28.9 Å². The van der Waals surface area contributed by atoms with Gasteiger partial charge in [-0.1, -0.05) is 6.08 Å². The number of carbonyl (C=O) groups excluding carboxylic acids is 1. The summed E-state index contributed by atoms with van der Waals surface area (Å²) in [6.07, 6.45) is -0.794. The second kappa shape index (κ2) is 7.02. The van der Waals surface area contributed by atoms with E-state index in [0.717, 1.165) is 22.6 Å².